The first-order valence-electron chi connectivity index (χ1n) is 8.64. The topological polar surface area (TPSA) is 29.5 Å². The third-order valence-corrected chi connectivity index (χ3v) is 5.36. The monoisotopic (exact) mass is 309 g/mol. The van der Waals surface area contributed by atoms with Crippen LogP contribution in [0.3, 0.4) is 0 Å². The quantitative estimate of drug-likeness (QED) is 0.842. The predicted molar refractivity (Wildman–Crippen MR) is 91.1 cm³/mol. The maximum atomic E-state index is 12.5. The summed E-state index contributed by atoms with van der Waals surface area (Å²) in [6, 6.07) is 14.9. The van der Waals surface area contributed by atoms with Gasteiger partial charge in [0.1, 0.15) is 0 Å². The molecule has 1 atom stereocenters. The minimum Gasteiger partial charge on any atom is -0.375 e. The summed E-state index contributed by atoms with van der Waals surface area (Å²) in [7, 11) is 0. The molecule has 2 heterocycles. The zero-order chi connectivity index (χ0) is 15.7. The van der Waals surface area contributed by atoms with Crippen molar-refractivity contribution in [3.63, 3.8) is 0 Å². The third-order valence-electron chi connectivity index (χ3n) is 5.36. The molecule has 0 saturated carbocycles. The van der Waals surface area contributed by atoms with Crippen LogP contribution in [0.1, 0.15) is 37.7 Å². The van der Waals surface area contributed by atoms with E-state index in [-0.39, 0.29) is 11.5 Å². The van der Waals surface area contributed by atoms with Crippen LogP contribution < -0.4 is 0 Å². The summed E-state index contributed by atoms with van der Waals surface area (Å²) < 4.78 is 5.99. The molecule has 23 heavy (non-hydrogen) atoms. The van der Waals surface area contributed by atoms with E-state index in [1.807, 2.05) is 4.90 Å². The molecule has 2 saturated heterocycles. The van der Waals surface area contributed by atoms with E-state index >= 15 is 0 Å². The van der Waals surface area contributed by atoms with E-state index in [0.29, 0.717) is 13.0 Å². The maximum Gasteiger partial charge on any atom is 0.222 e. The zero-order valence-electron chi connectivity index (χ0n) is 13.5. The van der Waals surface area contributed by atoms with Crippen LogP contribution in [0.25, 0.3) is 10.8 Å². The summed E-state index contributed by atoms with van der Waals surface area (Å²) in [5.74, 6) is 0.269. The molecule has 1 spiro atoms. The summed E-state index contributed by atoms with van der Waals surface area (Å²) in [6.45, 7) is 2.38. The minimum atomic E-state index is -0.0200. The van der Waals surface area contributed by atoms with Crippen molar-refractivity contribution in [1.82, 2.24) is 4.90 Å². The number of amides is 1. The molecule has 2 aromatic rings. The van der Waals surface area contributed by atoms with Crippen molar-refractivity contribution in [2.45, 2.75) is 44.2 Å². The molecule has 2 fully saturated rings. The van der Waals surface area contributed by atoms with Crippen molar-refractivity contribution in [3.05, 3.63) is 48.0 Å². The van der Waals surface area contributed by atoms with Crippen LogP contribution in [0.4, 0.5) is 0 Å². The molecule has 2 aromatic carbocycles. The van der Waals surface area contributed by atoms with Gasteiger partial charge in [-0.25, -0.2) is 0 Å². The second-order valence-corrected chi connectivity index (χ2v) is 6.88. The number of carbonyl (C=O) groups excluding carboxylic acids is 1. The molecule has 3 heteroatoms. The molecule has 2 aliphatic rings. The third kappa shape index (κ3) is 2.98. The number of likely N-dealkylation sites (tertiary alicyclic amines) is 1. The molecule has 0 aliphatic carbocycles. The van der Waals surface area contributed by atoms with Gasteiger partial charge in [-0.05, 0) is 48.1 Å². The summed E-state index contributed by atoms with van der Waals surface area (Å²) >= 11 is 0. The summed E-state index contributed by atoms with van der Waals surface area (Å²) in [5, 5.41) is 2.49. The van der Waals surface area contributed by atoms with Crippen LogP contribution >= 0.6 is 0 Å². The number of carbonyl (C=O) groups is 1. The molecule has 0 radical (unpaired) electrons. The molecular formula is C20H23NO2. The number of hydrogen-bond acceptors (Lipinski definition) is 2. The Morgan fingerprint density at radius 2 is 1.91 bits per heavy atom. The highest BCUT2D eigenvalue weighted by molar-refractivity contribution is 5.83. The Morgan fingerprint density at radius 1 is 1.04 bits per heavy atom. The summed E-state index contributed by atoms with van der Waals surface area (Å²) in [4.78, 5) is 14.5. The lowest BCUT2D eigenvalue weighted by Gasteiger charge is -2.26. The van der Waals surface area contributed by atoms with Gasteiger partial charge < -0.3 is 9.64 Å². The van der Waals surface area contributed by atoms with Crippen molar-refractivity contribution >= 4 is 16.7 Å². The van der Waals surface area contributed by atoms with E-state index in [1.165, 1.54) is 16.3 Å². The van der Waals surface area contributed by atoms with Gasteiger partial charge in [0, 0.05) is 26.1 Å². The van der Waals surface area contributed by atoms with Crippen molar-refractivity contribution in [2.24, 2.45) is 0 Å². The first kappa shape index (κ1) is 14.7. The van der Waals surface area contributed by atoms with Gasteiger partial charge >= 0.3 is 0 Å². The van der Waals surface area contributed by atoms with Crippen molar-refractivity contribution in [2.75, 3.05) is 13.2 Å². The maximum absolute atomic E-state index is 12.5. The van der Waals surface area contributed by atoms with Crippen LogP contribution in [0, 0.1) is 0 Å². The molecule has 4 rings (SSSR count). The van der Waals surface area contributed by atoms with Gasteiger partial charge in [0.05, 0.1) is 5.60 Å². The van der Waals surface area contributed by atoms with Gasteiger partial charge in [-0.1, -0.05) is 36.4 Å². The van der Waals surface area contributed by atoms with Crippen molar-refractivity contribution in [1.29, 1.82) is 0 Å². The second-order valence-electron chi connectivity index (χ2n) is 6.88. The lowest BCUT2D eigenvalue weighted by atomic mass is 9.92. The Balaban J connectivity index is 1.51. The van der Waals surface area contributed by atoms with E-state index in [2.05, 4.69) is 42.5 Å². The Labute approximate surface area is 137 Å². The number of fused-ring (bicyclic) bond motifs is 1. The van der Waals surface area contributed by atoms with Gasteiger partial charge in [0.2, 0.25) is 5.91 Å². The fourth-order valence-corrected chi connectivity index (χ4v) is 3.96. The average Bonchev–Trinajstić information content (AvgIpc) is 2.99. The smallest absolute Gasteiger partial charge is 0.222 e. The van der Waals surface area contributed by atoms with Gasteiger partial charge in [-0.3, -0.25) is 4.79 Å². The van der Waals surface area contributed by atoms with E-state index in [0.717, 1.165) is 38.8 Å². The highest BCUT2D eigenvalue weighted by Crippen LogP contribution is 2.36. The fraction of sp³-hybridized carbons (Fsp3) is 0.450. The minimum absolute atomic E-state index is 0.0200. The van der Waals surface area contributed by atoms with Crippen LogP contribution in [-0.2, 0) is 16.1 Å². The van der Waals surface area contributed by atoms with Gasteiger partial charge in [0.15, 0.2) is 0 Å². The number of benzene rings is 2. The first-order valence-corrected chi connectivity index (χ1v) is 8.64. The Hall–Kier alpha value is -1.87. The van der Waals surface area contributed by atoms with Crippen LogP contribution in [-0.4, -0.2) is 29.6 Å². The molecule has 0 bridgehead atoms. The van der Waals surface area contributed by atoms with E-state index in [4.69, 9.17) is 4.74 Å². The van der Waals surface area contributed by atoms with Crippen molar-refractivity contribution < 1.29 is 9.53 Å². The summed E-state index contributed by atoms with van der Waals surface area (Å²) in [6.07, 6.45) is 4.74. The van der Waals surface area contributed by atoms with Crippen LogP contribution in [0.15, 0.2) is 42.5 Å². The second kappa shape index (κ2) is 5.97. The lowest BCUT2D eigenvalue weighted by Crippen LogP contribution is -2.32. The lowest BCUT2D eigenvalue weighted by molar-refractivity contribution is -0.131. The standard InChI is InChI=1S/C20H23NO2/c22-19-8-10-20(9-3-13-23-20)11-12-21(19)15-16-6-7-17-4-1-2-5-18(17)14-16/h1-2,4-7,14H,3,8-13,15H2/t20-/m1/s1. The Morgan fingerprint density at radius 3 is 2.74 bits per heavy atom. The number of rotatable bonds is 2. The SMILES string of the molecule is O=C1CC[C@]2(CCCO2)CCN1Cc1ccc2ccccc2c1. The largest absolute Gasteiger partial charge is 0.375 e. The number of nitrogens with zero attached hydrogens (tertiary/aromatic N) is 1. The zero-order valence-corrected chi connectivity index (χ0v) is 13.5. The number of ether oxygens (including phenoxy) is 1. The molecule has 3 nitrogen and oxygen atoms in total. The molecule has 1 amide bonds. The number of hydrogen-bond donors (Lipinski definition) is 0. The molecule has 0 unspecified atom stereocenters. The molecule has 120 valence electrons. The van der Waals surface area contributed by atoms with E-state index < -0.39 is 0 Å². The highest BCUT2D eigenvalue weighted by atomic mass is 16.5. The van der Waals surface area contributed by atoms with E-state index in [1.54, 1.807) is 0 Å². The summed E-state index contributed by atoms with van der Waals surface area (Å²) in [5.41, 5.74) is 1.19. The fourth-order valence-electron chi connectivity index (χ4n) is 3.96. The van der Waals surface area contributed by atoms with Gasteiger partial charge in [-0.2, -0.15) is 0 Å². The first-order chi connectivity index (χ1) is 11.2. The average molecular weight is 309 g/mol. The normalized spacial score (nSPS) is 25.2. The Bertz CT molecular complexity index is 718. The highest BCUT2D eigenvalue weighted by Gasteiger charge is 2.38. The van der Waals surface area contributed by atoms with Crippen LogP contribution in [0.2, 0.25) is 0 Å². The molecular weight excluding hydrogens is 286 g/mol. The molecule has 0 N–H and O–H groups in total. The predicted octanol–water partition coefficient (Wildman–Crippen LogP) is 3.90. The van der Waals surface area contributed by atoms with Crippen molar-refractivity contribution in [3.8, 4) is 0 Å². The van der Waals surface area contributed by atoms with Gasteiger partial charge in [-0.15, -0.1) is 0 Å². The molecule has 2 aliphatic heterocycles. The molecule has 0 aromatic heterocycles. The Kier molecular flexibility index (Phi) is 3.82. The van der Waals surface area contributed by atoms with E-state index in [9.17, 15) is 4.79 Å². The van der Waals surface area contributed by atoms with Gasteiger partial charge in [0.25, 0.3) is 0 Å². The van der Waals surface area contributed by atoms with Crippen LogP contribution in [0.5, 0.6) is 0 Å².